The lowest BCUT2D eigenvalue weighted by atomic mass is 10.1. The molecular weight excluding hydrogens is 290 g/mol. The second kappa shape index (κ2) is 6.36. The molecule has 0 aliphatic carbocycles. The summed E-state index contributed by atoms with van der Waals surface area (Å²) in [7, 11) is 1.95. The number of pyridine rings is 1. The highest BCUT2D eigenvalue weighted by atomic mass is 16.2. The molecule has 1 atom stereocenters. The van der Waals surface area contributed by atoms with Gasteiger partial charge in [-0.15, -0.1) is 0 Å². The van der Waals surface area contributed by atoms with Gasteiger partial charge >= 0.3 is 0 Å². The van der Waals surface area contributed by atoms with E-state index in [0.29, 0.717) is 24.3 Å². The van der Waals surface area contributed by atoms with E-state index in [-0.39, 0.29) is 12.1 Å². The molecule has 2 heterocycles. The third-order valence-electron chi connectivity index (χ3n) is 3.84. The highest BCUT2D eigenvalue weighted by Crippen LogP contribution is 2.25. The zero-order chi connectivity index (χ0) is 16.2. The van der Waals surface area contributed by atoms with E-state index in [9.17, 15) is 4.79 Å². The zero-order valence-corrected chi connectivity index (χ0v) is 12.8. The molecule has 6 heteroatoms. The number of anilines is 2. The highest BCUT2D eigenvalue weighted by molar-refractivity contribution is 6.00. The molecular formula is C17H17N5O. The molecule has 1 aliphatic heterocycles. The van der Waals surface area contributed by atoms with Crippen molar-refractivity contribution in [1.29, 1.82) is 5.26 Å². The Bertz CT molecular complexity index is 750. The zero-order valence-electron chi connectivity index (χ0n) is 12.8. The summed E-state index contributed by atoms with van der Waals surface area (Å²) in [5.41, 5.74) is 2.54. The van der Waals surface area contributed by atoms with E-state index in [0.717, 1.165) is 11.3 Å². The van der Waals surface area contributed by atoms with Crippen LogP contribution in [0.4, 0.5) is 11.5 Å². The average Bonchev–Trinajstić information content (AvgIpc) is 2.60. The molecule has 116 valence electrons. The van der Waals surface area contributed by atoms with Crippen molar-refractivity contribution < 1.29 is 4.79 Å². The number of fused-ring (bicyclic) bond motifs is 1. The number of hydrogen-bond acceptors (Lipinski definition) is 5. The normalized spacial score (nSPS) is 15.8. The Balaban J connectivity index is 1.76. The molecule has 1 aromatic carbocycles. The van der Waals surface area contributed by atoms with Crippen LogP contribution < -0.4 is 15.5 Å². The Morgan fingerprint density at radius 3 is 2.78 bits per heavy atom. The molecule has 1 aromatic heterocycles. The van der Waals surface area contributed by atoms with E-state index in [1.54, 1.807) is 18.3 Å². The lowest BCUT2D eigenvalue weighted by Crippen LogP contribution is -2.38. The van der Waals surface area contributed by atoms with Crippen LogP contribution in [0.15, 0.2) is 42.6 Å². The summed E-state index contributed by atoms with van der Waals surface area (Å²) in [5.74, 6) is 0.462. The fraction of sp³-hybridized carbons (Fsp3) is 0.235. The number of hydrogen-bond donors (Lipinski definition) is 2. The van der Waals surface area contributed by atoms with Gasteiger partial charge < -0.3 is 15.5 Å². The van der Waals surface area contributed by atoms with Gasteiger partial charge in [0.05, 0.1) is 18.1 Å². The first-order valence-corrected chi connectivity index (χ1v) is 7.39. The van der Waals surface area contributed by atoms with Crippen molar-refractivity contribution >= 4 is 17.4 Å². The predicted molar refractivity (Wildman–Crippen MR) is 88.0 cm³/mol. The molecule has 1 aliphatic rings. The molecule has 3 rings (SSSR count). The van der Waals surface area contributed by atoms with Gasteiger partial charge in [0.2, 0.25) is 0 Å². The van der Waals surface area contributed by atoms with Crippen LogP contribution in [0.1, 0.15) is 28.5 Å². The lowest BCUT2D eigenvalue weighted by molar-refractivity contribution is 0.0935. The molecule has 23 heavy (non-hydrogen) atoms. The maximum absolute atomic E-state index is 12.1. The van der Waals surface area contributed by atoms with E-state index in [2.05, 4.69) is 21.7 Å². The third kappa shape index (κ3) is 3.09. The number of nitrogens with zero attached hydrogens (tertiary/aromatic N) is 3. The molecule has 0 radical (unpaired) electrons. The van der Waals surface area contributed by atoms with Gasteiger partial charge in [-0.2, -0.15) is 5.26 Å². The van der Waals surface area contributed by atoms with Gasteiger partial charge in [-0.25, -0.2) is 4.98 Å². The number of amides is 1. The van der Waals surface area contributed by atoms with Gasteiger partial charge in [-0.1, -0.05) is 12.1 Å². The van der Waals surface area contributed by atoms with E-state index in [1.165, 1.54) is 0 Å². The molecule has 6 nitrogen and oxygen atoms in total. The Hall–Kier alpha value is -3.07. The fourth-order valence-corrected chi connectivity index (χ4v) is 2.52. The summed E-state index contributed by atoms with van der Waals surface area (Å²) in [5, 5.41) is 14.8. The number of nitrogens with one attached hydrogen (secondary N) is 2. The van der Waals surface area contributed by atoms with Crippen molar-refractivity contribution in [2.45, 2.75) is 12.6 Å². The number of carbonyl (C=O) groups excluding carboxylic acids is 1. The summed E-state index contributed by atoms with van der Waals surface area (Å²) < 4.78 is 0. The molecule has 0 fully saturated rings. The quantitative estimate of drug-likeness (QED) is 0.905. The number of nitriles is 1. The van der Waals surface area contributed by atoms with Gasteiger partial charge in [-0.05, 0) is 29.8 Å². The number of carbonyl (C=O) groups is 1. The first kappa shape index (κ1) is 14.9. The second-order valence-corrected chi connectivity index (χ2v) is 5.37. The van der Waals surface area contributed by atoms with E-state index < -0.39 is 0 Å². The Morgan fingerprint density at radius 1 is 1.26 bits per heavy atom. The van der Waals surface area contributed by atoms with Gasteiger partial charge in [0.15, 0.2) is 0 Å². The van der Waals surface area contributed by atoms with E-state index in [4.69, 9.17) is 5.26 Å². The number of aromatic nitrogens is 1. The lowest BCUT2D eigenvalue weighted by Gasteiger charge is -2.27. The standard InChI is InChI=1S/C17H17N5O/c1-22(11-3-9-18)13-7-5-12(6-8-13)15-20-16-14(17(23)21-15)4-2-10-19-16/h2,4-8,10,15H,3,11H2,1H3,(H,19,20)(H,21,23). The van der Waals surface area contributed by atoms with Crippen LogP contribution in [0, 0.1) is 11.3 Å². The first-order chi connectivity index (χ1) is 11.2. The molecule has 1 unspecified atom stereocenters. The van der Waals surface area contributed by atoms with Gasteiger partial charge in [-0.3, -0.25) is 4.79 Å². The minimum Gasteiger partial charge on any atom is -0.374 e. The fourth-order valence-electron chi connectivity index (χ4n) is 2.52. The predicted octanol–water partition coefficient (Wildman–Crippen LogP) is 2.29. The smallest absolute Gasteiger partial charge is 0.256 e. The van der Waals surface area contributed by atoms with E-state index >= 15 is 0 Å². The van der Waals surface area contributed by atoms with Crippen molar-refractivity contribution in [2.75, 3.05) is 23.8 Å². The van der Waals surface area contributed by atoms with E-state index in [1.807, 2.05) is 36.2 Å². The average molecular weight is 307 g/mol. The summed E-state index contributed by atoms with van der Waals surface area (Å²) in [6.07, 6.45) is 1.85. The van der Waals surface area contributed by atoms with Crippen molar-refractivity contribution in [3.05, 3.63) is 53.7 Å². The van der Waals surface area contributed by atoms with Crippen LogP contribution in [-0.4, -0.2) is 24.5 Å². The molecule has 1 amide bonds. The van der Waals surface area contributed by atoms with Crippen LogP contribution in [0.5, 0.6) is 0 Å². The first-order valence-electron chi connectivity index (χ1n) is 7.39. The molecule has 0 spiro atoms. The summed E-state index contributed by atoms with van der Waals surface area (Å²) in [6, 6.07) is 13.5. The van der Waals surface area contributed by atoms with Crippen LogP contribution in [0.25, 0.3) is 0 Å². The Kier molecular flexibility index (Phi) is 4.11. The second-order valence-electron chi connectivity index (χ2n) is 5.37. The number of rotatable bonds is 4. The molecule has 0 bridgehead atoms. The van der Waals surface area contributed by atoms with Crippen LogP contribution in [-0.2, 0) is 0 Å². The van der Waals surface area contributed by atoms with Crippen LogP contribution in [0.3, 0.4) is 0 Å². The molecule has 0 saturated heterocycles. The Morgan fingerprint density at radius 2 is 2.04 bits per heavy atom. The highest BCUT2D eigenvalue weighted by Gasteiger charge is 2.25. The summed E-state index contributed by atoms with van der Waals surface area (Å²) in [4.78, 5) is 18.4. The topological polar surface area (TPSA) is 81.1 Å². The maximum atomic E-state index is 12.1. The molecule has 0 saturated carbocycles. The summed E-state index contributed by atoms with van der Waals surface area (Å²) in [6.45, 7) is 0.686. The van der Waals surface area contributed by atoms with Crippen LogP contribution in [0.2, 0.25) is 0 Å². The van der Waals surface area contributed by atoms with Crippen molar-refractivity contribution in [3.8, 4) is 6.07 Å². The van der Waals surface area contributed by atoms with Gasteiger partial charge in [0.1, 0.15) is 12.0 Å². The third-order valence-corrected chi connectivity index (χ3v) is 3.84. The van der Waals surface area contributed by atoms with Gasteiger partial charge in [0, 0.05) is 25.5 Å². The SMILES string of the molecule is CN(CCC#N)c1ccc(C2NC(=O)c3cccnc3N2)cc1. The van der Waals surface area contributed by atoms with Crippen LogP contribution >= 0.6 is 0 Å². The van der Waals surface area contributed by atoms with Gasteiger partial charge in [0.25, 0.3) is 5.91 Å². The van der Waals surface area contributed by atoms with Crippen molar-refractivity contribution in [3.63, 3.8) is 0 Å². The number of benzene rings is 1. The summed E-state index contributed by atoms with van der Waals surface area (Å²) >= 11 is 0. The Labute approximate surface area is 134 Å². The van der Waals surface area contributed by atoms with Crippen molar-refractivity contribution in [1.82, 2.24) is 10.3 Å². The minimum atomic E-state index is -0.302. The monoisotopic (exact) mass is 307 g/mol. The maximum Gasteiger partial charge on any atom is 0.256 e. The molecule has 2 aromatic rings. The molecule has 2 N–H and O–H groups in total. The largest absolute Gasteiger partial charge is 0.374 e. The van der Waals surface area contributed by atoms with Crippen molar-refractivity contribution in [2.24, 2.45) is 0 Å². The minimum absolute atomic E-state index is 0.132.